The molecule has 4 aliphatic carbocycles. The van der Waals surface area contributed by atoms with Gasteiger partial charge in [0.1, 0.15) is 0 Å². The minimum atomic E-state index is -1.83. The third-order valence-electron chi connectivity index (χ3n) is 10.9. The Hall–Kier alpha value is 0.531. The van der Waals surface area contributed by atoms with Gasteiger partial charge in [0, 0.05) is 5.41 Å². The topological polar surface area (TPSA) is 27.7 Å². The van der Waals surface area contributed by atoms with Gasteiger partial charge in [-0.05, 0) is 139 Å². The molecule has 0 saturated heterocycles. The zero-order valence-corrected chi connectivity index (χ0v) is 28.9. The van der Waals surface area contributed by atoms with Crippen LogP contribution in [0.25, 0.3) is 0 Å². The molecule has 0 spiro atoms. The molecule has 0 heterocycles. The van der Waals surface area contributed by atoms with Crippen molar-refractivity contribution < 1.29 is 13.3 Å². The molecule has 4 saturated carbocycles. The van der Waals surface area contributed by atoms with Crippen molar-refractivity contribution in [2.24, 2.45) is 34.5 Å². The van der Waals surface area contributed by atoms with Crippen LogP contribution in [0.3, 0.4) is 0 Å². The van der Waals surface area contributed by atoms with Crippen molar-refractivity contribution in [3.8, 4) is 0 Å². The van der Waals surface area contributed by atoms with E-state index in [0.29, 0.717) is 12.0 Å². The monoisotopic (exact) mass is 552 g/mol. The molecule has 0 radical (unpaired) electrons. The molecule has 8 atom stereocenters. The Bertz CT molecular complexity index is 784. The molecule has 0 aromatic rings. The molecule has 4 rings (SSSR count). The van der Waals surface area contributed by atoms with Crippen molar-refractivity contribution in [1.82, 2.24) is 0 Å². The maximum atomic E-state index is 7.52. The van der Waals surface area contributed by atoms with Crippen molar-refractivity contribution in [3.05, 3.63) is 0 Å². The summed E-state index contributed by atoms with van der Waals surface area (Å²) in [6.07, 6.45) is 14.1. The Morgan fingerprint density at radius 1 is 0.694 bits per heavy atom. The molecule has 36 heavy (non-hydrogen) atoms. The van der Waals surface area contributed by atoms with Crippen molar-refractivity contribution in [2.45, 2.75) is 149 Å². The van der Waals surface area contributed by atoms with E-state index in [2.05, 4.69) is 72.8 Å². The van der Waals surface area contributed by atoms with Gasteiger partial charge in [-0.2, -0.15) is 0 Å². The SMILES string of the molecule is C[C@]12CCC3C(CC[C@H]4CCCC[C@]34C)C1CC[C@]2(O[Si](C)(C)C)[C@@H](CO[Si](C)(C)C)O[Si](C)(C)C. The summed E-state index contributed by atoms with van der Waals surface area (Å²) in [6, 6.07) is 0. The van der Waals surface area contributed by atoms with E-state index in [9.17, 15) is 0 Å². The smallest absolute Gasteiger partial charge is 0.184 e. The van der Waals surface area contributed by atoms with E-state index in [0.717, 1.165) is 30.1 Å². The zero-order chi connectivity index (χ0) is 26.8. The minimum Gasteiger partial charge on any atom is -0.415 e. The molecule has 4 fully saturated rings. The number of hydrogen-bond acceptors (Lipinski definition) is 3. The lowest BCUT2D eigenvalue weighted by atomic mass is 9.44. The second-order valence-corrected chi connectivity index (χ2v) is 30.0. The van der Waals surface area contributed by atoms with Gasteiger partial charge in [0.15, 0.2) is 25.0 Å². The van der Waals surface area contributed by atoms with Crippen LogP contribution in [-0.4, -0.2) is 43.3 Å². The fourth-order valence-corrected chi connectivity index (χ4v) is 13.0. The highest BCUT2D eigenvalue weighted by Crippen LogP contribution is 2.70. The van der Waals surface area contributed by atoms with Gasteiger partial charge >= 0.3 is 0 Å². The fraction of sp³-hybridized carbons (Fsp3) is 1.00. The molecule has 0 amide bonds. The Morgan fingerprint density at radius 2 is 1.36 bits per heavy atom. The van der Waals surface area contributed by atoms with E-state index in [1.807, 2.05) is 0 Å². The van der Waals surface area contributed by atoms with E-state index in [4.69, 9.17) is 13.3 Å². The lowest BCUT2D eigenvalue weighted by molar-refractivity contribution is -0.180. The molecule has 3 nitrogen and oxygen atoms in total. The predicted molar refractivity (Wildman–Crippen MR) is 161 cm³/mol. The Labute approximate surface area is 227 Å². The predicted octanol–water partition coefficient (Wildman–Crippen LogP) is 9.08. The first-order chi connectivity index (χ1) is 16.4. The van der Waals surface area contributed by atoms with Gasteiger partial charge in [-0.3, -0.25) is 0 Å². The maximum Gasteiger partial charge on any atom is 0.184 e. The van der Waals surface area contributed by atoms with E-state index < -0.39 is 25.0 Å². The molecule has 0 aromatic heterocycles. The number of rotatable bonds is 8. The summed E-state index contributed by atoms with van der Waals surface area (Å²) in [6.45, 7) is 27.3. The van der Waals surface area contributed by atoms with Crippen molar-refractivity contribution in [1.29, 1.82) is 0 Å². The molecule has 0 aromatic carbocycles. The van der Waals surface area contributed by atoms with Gasteiger partial charge in [0.05, 0.1) is 18.3 Å². The highest BCUT2D eigenvalue weighted by molar-refractivity contribution is 6.70. The first-order valence-corrected chi connectivity index (χ1v) is 25.6. The van der Waals surface area contributed by atoms with Crippen LogP contribution in [0.2, 0.25) is 58.9 Å². The Kier molecular flexibility index (Phi) is 8.09. The first kappa shape index (κ1) is 29.5. The van der Waals surface area contributed by atoms with E-state index in [1.54, 1.807) is 0 Å². The van der Waals surface area contributed by atoms with E-state index >= 15 is 0 Å². The van der Waals surface area contributed by atoms with E-state index in [1.165, 1.54) is 57.8 Å². The van der Waals surface area contributed by atoms with Crippen LogP contribution in [0.1, 0.15) is 78.1 Å². The lowest BCUT2D eigenvalue weighted by Crippen LogP contribution is -2.65. The van der Waals surface area contributed by atoms with Crippen molar-refractivity contribution in [3.63, 3.8) is 0 Å². The molecule has 0 aliphatic heterocycles. The van der Waals surface area contributed by atoms with Gasteiger partial charge in [0.25, 0.3) is 0 Å². The summed E-state index contributed by atoms with van der Waals surface area (Å²) in [5.41, 5.74) is 0.555. The third-order valence-corrected chi connectivity index (χ3v) is 13.9. The molecule has 0 N–H and O–H groups in total. The third kappa shape index (κ3) is 5.56. The van der Waals surface area contributed by atoms with Crippen molar-refractivity contribution in [2.75, 3.05) is 6.61 Å². The van der Waals surface area contributed by atoms with E-state index in [-0.39, 0.29) is 17.1 Å². The van der Waals surface area contributed by atoms with Crippen LogP contribution in [0.15, 0.2) is 0 Å². The van der Waals surface area contributed by atoms with Crippen LogP contribution in [-0.2, 0) is 13.3 Å². The molecule has 4 aliphatic rings. The van der Waals surface area contributed by atoms with Crippen LogP contribution in [0, 0.1) is 34.5 Å². The summed E-state index contributed by atoms with van der Waals surface area (Å²) in [4.78, 5) is 0. The van der Waals surface area contributed by atoms with Gasteiger partial charge < -0.3 is 13.3 Å². The van der Waals surface area contributed by atoms with Crippen LogP contribution >= 0.6 is 0 Å². The Balaban J connectivity index is 1.72. The molecule has 3 unspecified atom stereocenters. The summed E-state index contributed by atoms with van der Waals surface area (Å²) in [5.74, 6) is 3.55. The number of hydrogen-bond donors (Lipinski definition) is 0. The number of fused-ring (bicyclic) bond motifs is 5. The van der Waals surface area contributed by atoms with Gasteiger partial charge in [0.2, 0.25) is 0 Å². The minimum absolute atomic E-state index is 0.0516. The van der Waals surface area contributed by atoms with Gasteiger partial charge in [-0.25, -0.2) is 0 Å². The largest absolute Gasteiger partial charge is 0.415 e. The zero-order valence-electron chi connectivity index (χ0n) is 25.9. The highest BCUT2D eigenvalue weighted by atomic mass is 28.4. The molecule has 0 bridgehead atoms. The Morgan fingerprint density at radius 3 is 1.97 bits per heavy atom. The average Bonchev–Trinajstić information content (AvgIpc) is 3.01. The van der Waals surface area contributed by atoms with Crippen LogP contribution in [0.5, 0.6) is 0 Å². The summed E-state index contributed by atoms with van der Waals surface area (Å²) >= 11 is 0. The standard InChI is InChI=1S/C30H60O3Si3/c1-28-19-13-12-14-23(28)15-16-24-25(28)17-20-29(2)26(24)18-21-30(29,33-36(9,10)11)27(32-35(6,7)8)22-31-34(3,4)5/h23-27H,12-22H2,1-11H3/t23-,24?,25?,26?,27-,28+,29+,30+/m1/s1. The molecular weight excluding hydrogens is 493 g/mol. The second kappa shape index (κ2) is 9.87. The van der Waals surface area contributed by atoms with Crippen LogP contribution in [0.4, 0.5) is 0 Å². The maximum absolute atomic E-state index is 7.52. The van der Waals surface area contributed by atoms with Crippen molar-refractivity contribution >= 4 is 25.0 Å². The second-order valence-electron chi connectivity index (χ2n) is 16.6. The lowest BCUT2D eigenvalue weighted by Gasteiger charge is -2.63. The summed E-state index contributed by atoms with van der Waals surface area (Å²) in [7, 11) is -5.29. The highest BCUT2D eigenvalue weighted by Gasteiger charge is 2.68. The van der Waals surface area contributed by atoms with Crippen LogP contribution < -0.4 is 0 Å². The fourth-order valence-electron chi connectivity index (χ4n) is 9.65. The normalized spacial score (nSPS) is 42.4. The first-order valence-electron chi connectivity index (χ1n) is 15.4. The van der Waals surface area contributed by atoms with Gasteiger partial charge in [-0.1, -0.05) is 26.7 Å². The summed E-state index contributed by atoms with van der Waals surface area (Å²) < 4.78 is 21.3. The molecule has 6 heteroatoms. The molecule has 210 valence electrons. The quantitative estimate of drug-likeness (QED) is 0.281. The van der Waals surface area contributed by atoms with Gasteiger partial charge in [-0.15, -0.1) is 0 Å². The average molecular weight is 553 g/mol. The molecular formula is C30H60O3Si3. The summed E-state index contributed by atoms with van der Waals surface area (Å²) in [5, 5.41) is 0.